The number of carbonyl (C=O) groups is 1. The van der Waals surface area contributed by atoms with E-state index < -0.39 is 5.97 Å². The molecule has 1 aliphatic carbocycles. The number of hydrogen-bond acceptors (Lipinski definition) is 4. The van der Waals surface area contributed by atoms with E-state index in [1.54, 1.807) is 22.8 Å². The highest BCUT2D eigenvalue weighted by Gasteiger charge is 2.27. The topological polar surface area (TPSA) is 85.8 Å². The number of rotatable bonds is 5. The van der Waals surface area contributed by atoms with Crippen molar-refractivity contribution in [2.24, 2.45) is 5.16 Å². The molecule has 4 rings (SSSR count). The number of imidazole rings is 1. The fourth-order valence-electron chi connectivity index (χ4n) is 4.28. The SMILES string of the molecule is CCC1=NO[C@@H](Cn2c(=O)n(C3CCCCC3)c3ccc(C(=O)O)cc32)C1. The van der Waals surface area contributed by atoms with Crippen molar-refractivity contribution in [3.63, 3.8) is 0 Å². The van der Waals surface area contributed by atoms with Gasteiger partial charge in [-0.15, -0.1) is 0 Å². The van der Waals surface area contributed by atoms with Crippen molar-refractivity contribution in [3.8, 4) is 0 Å². The molecular weight excluding hydrogens is 346 g/mol. The molecule has 0 bridgehead atoms. The van der Waals surface area contributed by atoms with Gasteiger partial charge >= 0.3 is 11.7 Å². The van der Waals surface area contributed by atoms with Gasteiger partial charge in [-0.25, -0.2) is 9.59 Å². The summed E-state index contributed by atoms with van der Waals surface area (Å²) < 4.78 is 3.55. The summed E-state index contributed by atoms with van der Waals surface area (Å²) in [5.74, 6) is -0.991. The van der Waals surface area contributed by atoms with Crippen LogP contribution in [0.2, 0.25) is 0 Å². The van der Waals surface area contributed by atoms with Crippen molar-refractivity contribution < 1.29 is 14.7 Å². The number of oxime groups is 1. The average molecular weight is 371 g/mol. The molecule has 2 aliphatic rings. The number of hydrogen-bond donors (Lipinski definition) is 1. The Morgan fingerprint density at radius 3 is 2.70 bits per heavy atom. The van der Waals surface area contributed by atoms with E-state index in [9.17, 15) is 14.7 Å². The maximum atomic E-state index is 13.3. The molecule has 0 saturated heterocycles. The van der Waals surface area contributed by atoms with Gasteiger partial charge in [-0.3, -0.25) is 9.13 Å². The van der Waals surface area contributed by atoms with Crippen LogP contribution in [0.25, 0.3) is 11.0 Å². The van der Waals surface area contributed by atoms with Crippen molar-refractivity contribution in [3.05, 3.63) is 34.2 Å². The summed E-state index contributed by atoms with van der Waals surface area (Å²) in [5.41, 5.74) is 2.59. The first-order valence-corrected chi connectivity index (χ1v) is 9.78. The average Bonchev–Trinajstić information content (AvgIpc) is 3.25. The summed E-state index contributed by atoms with van der Waals surface area (Å²) in [6.45, 7) is 2.41. The third kappa shape index (κ3) is 3.26. The molecule has 1 saturated carbocycles. The van der Waals surface area contributed by atoms with Crippen LogP contribution in [0, 0.1) is 0 Å². The Morgan fingerprint density at radius 1 is 1.26 bits per heavy atom. The van der Waals surface area contributed by atoms with E-state index in [1.165, 1.54) is 6.42 Å². The smallest absolute Gasteiger partial charge is 0.335 e. The molecule has 0 unspecified atom stereocenters. The Morgan fingerprint density at radius 2 is 2.04 bits per heavy atom. The minimum atomic E-state index is -0.991. The molecule has 0 spiro atoms. The fourth-order valence-corrected chi connectivity index (χ4v) is 4.28. The predicted octanol–water partition coefficient (Wildman–Crippen LogP) is 3.56. The van der Waals surface area contributed by atoms with Crippen molar-refractivity contribution in [1.29, 1.82) is 0 Å². The maximum absolute atomic E-state index is 13.3. The van der Waals surface area contributed by atoms with Gasteiger partial charge in [-0.2, -0.15) is 0 Å². The normalized spacial score (nSPS) is 20.6. The Hall–Kier alpha value is -2.57. The molecule has 1 aromatic heterocycles. The number of aromatic carboxylic acids is 1. The van der Waals surface area contributed by atoms with E-state index in [-0.39, 0.29) is 23.4 Å². The Kier molecular flexibility index (Phi) is 4.76. The second kappa shape index (κ2) is 7.21. The van der Waals surface area contributed by atoms with Crippen molar-refractivity contribution in [1.82, 2.24) is 9.13 Å². The Labute approximate surface area is 157 Å². The summed E-state index contributed by atoms with van der Waals surface area (Å²) in [6, 6.07) is 5.14. The van der Waals surface area contributed by atoms with E-state index in [4.69, 9.17) is 4.84 Å². The highest BCUT2D eigenvalue weighted by atomic mass is 16.6. The molecule has 1 atom stereocenters. The van der Waals surface area contributed by atoms with Gasteiger partial charge in [0, 0.05) is 12.5 Å². The quantitative estimate of drug-likeness (QED) is 0.871. The van der Waals surface area contributed by atoms with Crippen LogP contribution < -0.4 is 5.69 Å². The van der Waals surface area contributed by atoms with Crippen LogP contribution in [-0.2, 0) is 11.4 Å². The van der Waals surface area contributed by atoms with Gasteiger partial charge in [0.2, 0.25) is 0 Å². The van der Waals surface area contributed by atoms with Gasteiger partial charge in [0.25, 0.3) is 0 Å². The molecule has 27 heavy (non-hydrogen) atoms. The lowest BCUT2D eigenvalue weighted by Crippen LogP contribution is -2.31. The first-order chi connectivity index (χ1) is 13.1. The maximum Gasteiger partial charge on any atom is 0.335 e. The van der Waals surface area contributed by atoms with Crippen molar-refractivity contribution >= 4 is 22.7 Å². The zero-order chi connectivity index (χ0) is 19.0. The lowest BCUT2D eigenvalue weighted by atomic mass is 9.95. The largest absolute Gasteiger partial charge is 0.478 e. The van der Waals surface area contributed by atoms with Crippen LogP contribution in [0.5, 0.6) is 0 Å². The lowest BCUT2D eigenvalue weighted by Gasteiger charge is -2.23. The number of carboxylic acids is 1. The van der Waals surface area contributed by atoms with Crippen LogP contribution in [0.1, 0.15) is 68.3 Å². The van der Waals surface area contributed by atoms with Crippen LogP contribution in [-0.4, -0.2) is 32.0 Å². The second-order valence-electron chi connectivity index (χ2n) is 7.51. The van der Waals surface area contributed by atoms with Crippen LogP contribution in [0.15, 0.2) is 28.1 Å². The van der Waals surface area contributed by atoms with E-state index >= 15 is 0 Å². The van der Waals surface area contributed by atoms with E-state index in [0.29, 0.717) is 18.5 Å². The van der Waals surface area contributed by atoms with Crippen LogP contribution in [0.3, 0.4) is 0 Å². The Balaban J connectivity index is 1.78. The van der Waals surface area contributed by atoms with Gasteiger partial charge in [0.05, 0.1) is 28.9 Å². The summed E-state index contributed by atoms with van der Waals surface area (Å²) in [5, 5.41) is 13.5. The highest BCUT2D eigenvalue weighted by Crippen LogP contribution is 2.30. The molecule has 7 heteroatoms. The van der Waals surface area contributed by atoms with Gasteiger partial charge < -0.3 is 9.94 Å². The summed E-state index contributed by atoms with van der Waals surface area (Å²) >= 11 is 0. The minimum Gasteiger partial charge on any atom is -0.478 e. The predicted molar refractivity (Wildman–Crippen MR) is 102 cm³/mol. The molecule has 1 aromatic carbocycles. The number of aromatic nitrogens is 2. The molecule has 1 fully saturated rings. The molecular formula is C20H25N3O4. The second-order valence-corrected chi connectivity index (χ2v) is 7.51. The summed E-state index contributed by atoms with van der Waals surface area (Å²) in [6.07, 6.45) is 6.78. The first kappa shape index (κ1) is 17.8. The Bertz CT molecular complexity index is 950. The van der Waals surface area contributed by atoms with Crippen molar-refractivity contribution in [2.75, 3.05) is 0 Å². The number of benzene rings is 1. The van der Waals surface area contributed by atoms with Gasteiger partial charge in [0.15, 0.2) is 6.10 Å². The minimum absolute atomic E-state index is 0.0759. The van der Waals surface area contributed by atoms with Gasteiger partial charge in [-0.05, 0) is 37.5 Å². The molecule has 7 nitrogen and oxygen atoms in total. The highest BCUT2D eigenvalue weighted by molar-refractivity contribution is 5.92. The number of nitrogens with zero attached hydrogens (tertiary/aromatic N) is 3. The summed E-state index contributed by atoms with van der Waals surface area (Å²) in [4.78, 5) is 30.2. The zero-order valence-corrected chi connectivity index (χ0v) is 15.6. The monoisotopic (exact) mass is 371 g/mol. The van der Waals surface area contributed by atoms with Gasteiger partial charge in [0.1, 0.15) is 0 Å². The molecule has 2 heterocycles. The first-order valence-electron chi connectivity index (χ1n) is 9.78. The molecule has 1 N–H and O–H groups in total. The van der Waals surface area contributed by atoms with E-state index in [0.717, 1.165) is 43.3 Å². The van der Waals surface area contributed by atoms with E-state index in [2.05, 4.69) is 5.16 Å². The molecule has 0 amide bonds. The summed E-state index contributed by atoms with van der Waals surface area (Å²) in [7, 11) is 0. The molecule has 144 valence electrons. The van der Waals surface area contributed by atoms with Gasteiger partial charge in [-0.1, -0.05) is 31.3 Å². The molecule has 1 aliphatic heterocycles. The van der Waals surface area contributed by atoms with E-state index in [1.807, 2.05) is 11.5 Å². The number of carboxylic acid groups (broad SMARTS) is 1. The lowest BCUT2D eigenvalue weighted by molar-refractivity contribution is 0.0697. The third-order valence-electron chi connectivity index (χ3n) is 5.74. The van der Waals surface area contributed by atoms with Crippen LogP contribution >= 0.6 is 0 Å². The standard InChI is InChI=1S/C20H25N3O4/c1-2-14-11-16(27-21-14)12-22-18-10-13(19(24)25)8-9-17(18)23(20(22)26)15-6-4-3-5-7-15/h8-10,15-16H,2-7,11-12H2,1H3,(H,24,25)/t16-/m1/s1. The zero-order valence-electron chi connectivity index (χ0n) is 15.6. The number of fused-ring (bicyclic) bond motifs is 1. The van der Waals surface area contributed by atoms with Crippen molar-refractivity contribution in [2.45, 2.75) is 70.6 Å². The van der Waals surface area contributed by atoms with Crippen LogP contribution in [0.4, 0.5) is 0 Å². The third-order valence-corrected chi connectivity index (χ3v) is 5.74. The molecule has 0 radical (unpaired) electrons. The fraction of sp³-hybridized carbons (Fsp3) is 0.550. The molecule has 2 aromatic rings.